The van der Waals surface area contributed by atoms with Gasteiger partial charge in [0.1, 0.15) is 11.5 Å². The molecule has 1 N–H and O–H groups in total. The molecule has 0 atom stereocenters. The number of benzene rings is 2. The molecular formula is C25H31N3O3S. The van der Waals surface area contributed by atoms with E-state index in [0.717, 1.165) is 48.3 Å². The lowest BCUT2D eigenvalue weighted by Crippen LogP contribution is -2.31. The Balaban J connectivity index is 1.58. The van der Waals surface area contributed by atoms with Crippen LogP contribution in [0.1, 0.15) is 50.9 Å². The standard InChI is InChI=1S/C25H31N3O3S/c1-25(2,21-10-6-7-11-22(21)26-3)24-18-23(27-31-24)19-12-14-20(15-13-19)32(29,30)28-16-8-4-5-9-17-28/h6-7,10-15,18,26H,4-5,8-9,16-17H2,1-3H3. The van der Waals surface area contributed by atoms with Crippen molar-refractivity contribution in [2.75, 3.05) is 25.5 Å². The van der Waals surface area contributed by atoms with Crippen LogP contribution in [-0.4, -0.2) is 38.0 Å². The van der Waals surface area contributed by atoms with E-state index in [4.69, 9.17) is 4.52 Å². The number of hydrogen-bond donors (Lipinski definition) is 1. The topological polar surface area (TPSA) is 75.4 Å². The Bertz CT molecular complexity index is 1160. The van der Waals surface area contributed by atoms with Crippen molar-refractivity contribution in [3.05, 3.63) is 65.9 Å². The molecule has 2 heterocycles. The molecule has 0 bridgehead atoms. The smallest absolute Gasteiger partial charge is 0.243 e. The fraction of sp³-hybridized carbons (Fsp3) is 0.400. The highest BCUT2D eigenvalue weighted by molar-refractivity contribution is 7.89. The number of sulfonamides is 1. The van der Waals surface area contributed by atoms with Crippen LogP contribution < -0.4 is 5.32 Å². The summed E-state index contributed by atoms with van der Waals surface area (Å²) in [5, 5.41) is 7.51. The number of para-hydroxylation sites is 1. The second-order valence-corrected chi connectivity index (χ2v) is 10.8. The minimum atomic E-state index is -3.46. The lowest BCUT2D eigenvalue weighted by atomic mass is 9.81. The van der Waals surface area contributed by atoms with Crippen molar-refractivity contribution in [2.45, 2.75) is 49.8 Å². The molecule has 0 saturated carbocycles. The molecule has 0 aliphatic carbocycles. The molecule has 0 amide bonds. The normalized spacial score (nSPS) is 16.0. The van der Waals surface area contributed by atoms with E-state index in [-0.39, 0.29) is 5.41 Å². The van der Waals surface area contributed by atoms with Gasteiger partial charge < -0.3 is 9.84 Å². The zero-order valence-electron chi connectivity index (χ0n) is 19.0. The molecular weight excluding hydrogens is 422 g/mol. The van der Waals surface area contributed by atoms with Gasteiger partial charge in [-0.3, -0.25) is 0 Å². The van der Waals surface area contributed by atoms with Crippen LogP contribution in [0.4, 0.5) is 5.69 Å². The van der Waals surface area contributed by atoms with Crippen LogP contribution in [0.5, 0.6) is 0 Å². The van der Waals surface area contributed by atoms with Crippen LogP contribution in [0.2, 0.25) is 0 Å². The molecule has 4 rings (SSSR count). The van der Waals surface area contributed by atoms with E-state index in [1.165, 1.54) is 0 Å². The van der Waals surface area contributed by atoms with Crippen LogP contribution in [0.3, 0.4) is 0 Å². The van der Waals surface area contributed by atoms with Crippen molar-refractivity contribution in [1.29, 1.82) is 0 Å². The van der Waals surface area contributed by atoms with Gasteiger partial charge in [-0.2, -0.15) is 4.31 Å². The first kappa shape index (κ1) is 22.6. The molecule has 1 aliphatic rings. The largest absolute Gasteiger partial charge is 0.388 e. The molecule has 7 heteroatoms. The van der Waals surface area contributed by atoms with Crippen LogP contribution in [-0.2, 0) is 15.4 Å². The van der Waals surface area contributed by atoms with Gasteiger partial charge in [-0.1, -0.05) is 48.3 Å². The Morgan fingerprint density at radius 1 is 0.969 bits per heavy atom. The summed E-state index contributed by atoms with van der Waals surface area (Å²) in [5.41, 5.74) is 3.28. The Morgan fingerprint density at radius 3 is 2.28 bits per heavy atom. The first-order valence-electron chi connectivity index (χ1n) is 11.2. The SMILES string of the molecule is CNc1ccccc1C(C)(C)c1cc(-c2ccc(S(=O)(=O)N3CCCCCC3)cc2)no1. The Morgan fingerprint density at radius 2 is 1.62 bits per heavy atom. The molecule has 0 radical (unpaired) electrons. The number of hydrogen-bond acceptors (Lipinski definition) is 5. The van der Waals surface area contributed by atoms with Crippen molar-refractivity contribution in [3.63, 3.8) is 0 Å². The molecule has 0 unspecified atom stereocenters. The van der Waals surface area contributed by atoms with Gasteiger partial charge in [-0.25, -0.2) is 8.42 Å². The fourth-order valence-corrected chi connectivity index (χ4v) is 5.83. The van der Waals surface area contributed by atoms with Crippen LogP contribution in [0.15, 0.2) is 64.0 Å². The zero-order valence-corrected chi connectivity index (χ0v) is 19.8. The predicted molar refractivity (Wildman–Crippen MR) is 127 cm³/mol. The molecule has 1 saturated heterocycles. The van der Waals surface area contributed by atoms with Crippen LogP contribution in [0.25, 0.3) is 11.3 Å². The Labute approximate surface area is 190 Å². The minimum absolute atomic E-state index is 0.329. The van der Waals surface area contributed by atoms with E-state index >= 15 is 0 Å². The van der Waals surface area contributed by atoms with E-state index in [0.29, 0.717) is 23.7 Å². The van der Waals surface area contributed by atoms with Gasteiger partial charge in [-0.15, -0.1) is 0 Å². The van der Waals surface area contributed by atoms with Crippen molar-refractivity contribution < 1.29 is 12.9 Å². The third-order valence-corrected chi connectivity index (χ3v) is 8.26. The van der Waals surface area contributed by atoms with Crippen molar-refractivity contribution >= 4 is 15.7 Å². The number of rotatable bonds is 6. The fourth-order valence-electron chi connectivity index (χ4n) is 4.31. The van der Waals surface area contributed by atoms with Gasteiger partial charge in [0.25, 0.3) is 0 Å². The number of nitrogens with one attached hydrogen (secondary N) is 1. The minimum Gasteiger partial charge on any atom is -0.388 e. The third-order valence-electron chi connectivity index (χ3n) is 6.35. The summed E-state index contributed by atoms with van der Waals surface area (Å²) in [7, 11) is -1.56. The average molecular weight is 454 g/mol. The average Bonchev–Trinajstić information content (AvgIpc) is 3.15. The van der Waals surface area contributed by atoms with Gasteiger partial charge >= 0.3 is 0 Å². The first-order valence-corrected chi connectivity index (χ1v) is 12.6. The summed E-state index contributed by atoms with van der Waals surface area (Å²) < 4.78 is 33.4. The Hall–Kier alpha value is -2.64. The molecule has 3 aromatic rings. The summed E-state index contributed by atoms with van der Waals surface area (Å²) >= 11 is 0. The Kier molecular flexibility index (Phi) is 6.40. The van der Waals surface area contributed by atoms with E-state index in [2.05, 4.69) is 30.4 Å². The highest BCUT2D eigenvalue weighted by Crippen LogP contribution is 2.37. The van der Waals surface area contributed by atoms with E-state index < -0.39 is 10.0 Å². The third kappa shape index (κ3) is 4.32. The molecule has 6 nitrogen and oxygen atoms in total. The highest BCUT2D eigenvalue weighted by atomic mass is 32.2. The van der Waals surface area contributed by atoms with E-state index in [1.807, 2.05) is 31.3 Å². The van der Waals surface area contributed by atoms with Gasteiger partial charge in [-0.05, 0) is 50.5 Å². The van der Waals surface area contributed by atoms with Crippen LogP contribution in [0, 0.1) is 0 Å². The van der Waals surface area contributed by atoms with Gasteiger partial charge in [0, 0.05) is 37.5 Å². The molecule has 1 aromatic heterocycles. The van der Waals surface area contributed by atoms with E-state index in [1.54, 1.807) is 28.6 Å². The van der Waals surface area contributed by atoms with Gasteiger partial charge in [0.15, 0.2) is 0 Å². The highest BCUT2D eigenvalue weighted by Gasteiger charge is 2.30. The lowest BCUT2D eigenvalue weighted by molar-refractivity contribution is 0.342. The molecule has 1 aliphatic heterocycles. The quantitative estimate of drug-likeness (QED) is 0.550. The van der Waals surface area contributed by atoms with Crippen molar-refractivity contribution in [1.82, 2.24) is 9.46 Å². The summed E-state index contributed by atoms with van der Waals surface area (Å²) in [6, 6.07) is 17.0. The van der Waals surface area contributed by atoms with Gasteiger partial charge in [0.05, 0.1) is 10.3 Å². The lowest BCUT2D eigenvalue weighted by Gasteiger charge is -2.24. The predicted octanol–water partition coefficient (Wildman–Crippen LogP) is 5.27. The first-order chi connectivity index (χ1) is 15.3. The summed E-state index contributed by atoms with van der Waals surface area (Å²) in [6.07, 6.45) is 4.03. The second kappa shape index (κ2) is 9.08. The van der Waals surface area contributed by atoms with Crippen LogP contribution >= 0.6 is 0 Å². The summed E-state index contributed by atoms with van der Waals surface area (Å²) in [4.78, 5) is 0.329. The number of anilines is 1. The summed E-state index contributed by atoms with van der Waals surface area (Å²) in [5.74, 6) is 0.747. The van der Waals surface area contributed by atoms with Gasteiger partial charge in [0.2, 0.25) is 10.0 Å². The molecule has 170 valence electrons. The number of nitrogens with zero attached hydrogens (tertiary/aromatic N) is 2. The molecule has 2 aromatic carbocycles. The monoisotopic (exact) mass is 453 g/mol. The maximum Gasteiger partial charge on any atom is 0.243 e. The molecule has 32 heavy (non-hydrogen) atoms. The van der Waals surface area contributed by atoms with Crippen molar-refractivity contribution in [3.8, 4) is 11.3 Å². The zero-order chi connectivity index (χ0) is 22.8. The molecule has 0 spiro atoms. The maximum absolute atomic E-state index is 13.0. The van der Waals surface area contributed by atoms with Crippen molar-refractivity contribution in [2.24, 2.45) is 0 Å². The number of aromatic nitrogens is 1. The maximum atomic E-state index is 13.0. The molecule has 1 fully saturated rings. The second-order valence-electron chi connectivity index (χ2n) is 8.84. The van der Waals surface area contributed by atoms with E-state index in [9.17, 15) is 8.42 Å². The summed E-state index contributed by atoms with van der Waals surface area (Å²) in [6.45, 7) is 5.40.